The number of benzene rings is 1. The molecule has 0 aliphatic carbocycles. The second-order valence-electron chi connectivity index (χ2n) is 3.83. The van der Waals surface area contributed by atoms with E-state index < -0.39 is 0 Å². The fourth-order valence-electron chi connectivity index (χ4n) is 1.43. The predicted molar refractivity (Wildman–Crippen MR) is 65.7 cm³/mol. The van der Waals surface area contributed by atoms with Gasteiger partial charge in [0.25, 0.3) is 0 Å². The van der Waals surface area contributed by atoms with Crippen molar-refractivity contribution in [2.45, 2.75) is 19.4 Å². The second kappa shape index (κ2) is 5.74. The molecule has 1 N–H and O–H groups in total. The van der Waals surface area contributed by atoms with Crippen LogP contribution in [-0.4, -0.2) is 24.8 Å². The Labute approximate surface area is 101 Å². The van der Waals surface area contributed by atoms with E-state index in [2.05, 4.69) is 6.07 Å². The van der Waals surface area contributed by atoms with Gasteiger partial charge < -0.3 is 10.0 Å². The largest absolute Gasteiger partial charge is 0.393 e. The number of hydrogen-bond acceptors (Lipinski definition) is 3. The van der Waals surface area contributed by atoms with Gasteiger partial charge in [0, 0.05) is 18.6 Å². The summed E-state index contributed by atoms with van der Waals surface area (Å²) in [7, 11) is 1.90. The maximum absolute atomic E-state index is 9.21. The number of rotatable bonds is 4. The average Bonchev–Trinajstić information content (AvgIpc) is 2.25. The van der Waals surface area contributed by atoms with E-state index in [-0.39, 0.29) is 6.10 Å². The van der Waals surface area contributed by atoms with Gasteiger partial charge in [0.05, 0.1) is 17.4 Å². The zero-order chi connectivity index (χ0) is 12.1. The number of nitrogens with zero attached hydrogens (tertiary/aromatic N) is 2. The number of anilines is 1. The van der Waals surface area contributed by atoms with E-state index in [9.17, 15) is 5.11 Å². The first-order valence-electron chi connectivity index (χ1n) is 5.13. The van der Waals surface area contributed by atoms with Gasteiger partial charge in [0.1, 0.15) is 6.07 Å². The fourth-order valence-corrected chi connectivity index (χ4v) is 1.60. The van der Waals surface area contributed by atoms with E-state index in [0.717, 1.165) is 5.69 Å². The van der Waals surface area contributed by atoms with Gasteiger partial charge >= 0.3 is 0 Å². The maximum atomic E-state index is 9.21. The van der Waals surface area contributed by atoms with Crippen molar-refractivity contribution in [1.82, 2.24) is 0 Å². The predicted octanol–water partition coefficient (Wildman–Crippen LogP) is 2.42. The molecule has 1 unspecified atom stereocenters. The third-order valence-corrected chi connectivity index (χ3v) is 2.61. The Morgan fingerprint density at radius 2 is 2.25 bits per heavy atom. The molecule has 0 saturated carbocycles. The third-order valence-electron chi connectivity index (χ3n) is 2.37. The first kappa shape index (κ1) is 12.8. The molecule has 86 valence electrons. The number of nitriles is 1. The lowest BCUT2D eigenvalue weighted by atomic mass is 10.1. The van der Waals surface area contributed by atoms with Crippen LogP contribution < -0.4 is 4.90 Å². The van der Waals surface area contributed by atoms with Crippen LogP contribution in [0.25, 0.3) is 0 Å². The van der Waals surface area contributed by atoms with E-state index in [0.29, 0.717) is 23.6 Å². The molecule has 16 heavy (non-hydrogen) atoms. The lowest BCUT2D eigenvalue weighted by molar-refractivity contribution is 0.187. The summed E-state index contributed by atoms with van der Waals surface area (Å²) in [6.07, 6.45) is 0.338. The van der Waals surface area contributed by atoms with Gasteiger partial charge in [0.2, 0.25) is 0 Å². The normalized spacial score (nSPS) is 11.9. The Morgan fingerprint density at radius 1 is 1.56 bits per heavy atom. The molecule has 0 aliphatic rings. The van der Waals surface area contributed by atoms with E-state index in [1.807, 2.05) is 18.0 Å². The Kier molecular flexibility index (Phi) is 4.60. The highest BCUT2D eigenvalue weighted by atomic mass is 35.5. The van der Waals surface area contributed by atoms with Crippen LogP contribution in [0.2, 0.25) is 5.02 Å². The van der Waals surface area contributed by atoms with Gasteiger partial charge in [0.15, 0.2) is 0 Å². The van der Waals surface area contributed by atoms with Gasteiger partial charge in [-0.3, -0.25) is 0 Å². The van der Waals surface area contributed by atoms with Gasteiger partial charge in [-0.1, -0.05) is 11.6 Å². The zero-order valence-corrected chi connectivity index (χ0v) is 10.2. The van der Waals surface area contributed by atoms with E-state index in [4.69, 9.17) is 16.9 Å². The van der Waals surface area contributed by atoms with Gasteiger partial charge in [-0.25, -0.2) is 0 Å². The van der Waals surface area contributed by atoms with Crippen molar-refractivity contribution in [3.05, 3.63) is 28.8 Å². The van der Waals surface area contributed by atoms with Gasteiger partial charge in [-0.2, -0.15) is 5.26 Å². The number of aliphatic hydroxyl groups excluding tert-OH is 1. The van der Waals surface area contributed by atoms with Crippen molar-refractivity contribution < 1.29 is 5.11 Å². The molecule has 0 amide bonds. The Balaban J connectivity index is 2.83. The first-order valence-corrected chi connectivity index (χ1v) is 5.51. The van der Waals surface area contributed by atoms with E-state index >= 15 is 0 Å². The van der Waals surface area contributed by atoms with Crippen molar-refractivity contribution in [2.75, 3.05) is 18.5 Å². The summed E-state index contributed by atoms with van der Waals surface area (Å²) in [5.41, 5.74) is 1.40. The van der Waals surface area contributed by atoms with E-state index in [1.54, 1.807) is 19.1 Å². The smallest absolute Gasteiger partial charge is 0.101 e. The molecule has 1 rings (SSSR count). The van der Waals surface area contributed by atoms with Crippen LogP contribution in [0.5, 0.6) is 0 Å². The molecule has 0 heterocycles. The Bertz CT molecular complexity index is 398. The summed E-state index contributed by atoms with van der Waals surface area (Å²) in [6, 6.07) is 7.35. The molecule has 0 aromatic heterocycles. The summed E-state index contributed by atoms with van der Waals surface area (Å²) in [5, 5.41) is 18.7. The molecule has 0 bridgehead atoms. The highest BCUT2D eigenvalue weighted by Gasteiger charge is 2.08. The number of aliphatic hydroxyl groups is 1. The fraction of sp³-hybridized carbons (Fsp3) is 0.417. The quantitative estimate of drug-likeness (QED) is 0.877. The molecule has 1 aromatic carbocycles. The number of halogens is 1. The third kappa shape index (κ3) is 3.41. The summed E-state index contributed by atoms with van der Waals surface area (Å²) in [5.74, 6) is 0. The van der Waals surface area contributed by atoms with Crippen LogP contribution in [0.15, 0.2) is 18.2 Å². The van der Waals surface area contributed by atoms with Crippen LogP contribution in [-0.2, 0) is 0 Å². The van der Waals surface area contributed by atoms with Crippen molar-refractivity contribution in [2.24, 2.45) is 0 Å². The molecule has 1 aromatic rings. The van der Waals surface area contributed by atoms with Crippen molar-refractivity contribution in [1.29, 1.82) is 5.26 Å². The van der Waals surface area contributed by atoms with Crippen LogP contribution in [0.4, 0.5) is 5.69 Å². The van der Waals surface area contributed by atoms with Gasteiger partial charge in [-0.05, 0) is 31.5 Å². The Hall–Kier alpha value is -1.24. The molecular weight excluding hydrogens is 224 g/mol. The van der Waals surface area contributed by atoms with Crippen LogP contribution in [0.1, 0.15) is 18.9 Å². The molecule has 0 spiro atoms. The number of hydrogen-bond donors (Lipinski definition) is 1. The molecule has 0 radical (unpaired) electrons. The molecular formula is C12H15ClN2O. The monoisotopic (exact) mass is 238 g/mol. The summed E-state index contributed by atoms with van der Waals surface area (Å²) in [4.78, 5) is 1.95. The molecule has 3 nitrogen and oxygen atoms in total. The first-order chi connectivity index (χ1) is 7.54. The average molecular weight is 239 g/mol. The topological polar surface area (TPSA) is 47.3 Å². The van der Waals surface area contributed by atoms with Gasteiger partial charge in [-0.15, -0.1) is 0 Å². The highest BCUT2D eigenvalue weighted by molar-refractivity contribution is 6.30. The lowest BCUT2D eigenvalue weighted by Crippen LogP contribution is -2.22. The zero-order valence-electron chi connectivity index (χ0n) is 9.44. The van der Waals surface area contributed by atoms with E-state index in [1.165, 1.54) is 0 Å². The highest BCUT2D eigenvalue weighted by Crippen LogP contribution is 2.23. The molecule has 0 saturated heterocycles. The summed E-state index contributed by atoms with van der Waals surface area (Å²) < 4.78 is 0. The molecule has 0 fully saturated rings. The molecule has 0 aliphatic heterocycles. The SMILES string of the molecule is CC(O)CCN(C)c1ccc(Cl)cc1C#N. The second-order valence-corrected chi connectivity index (χ2v) is 4.27. The van der Waals surface area contributed by atoms with Crippen molar-refractivity contribution >= 4 is 17.3 Å². The molecule has 1 atom stereocenters. The standard InChI is InChI=1S/C12H15ClN2O/c1-9(16)5-6-15(2)12-4-3-11(13)7-10(12)8-14/h3-4,7,9,16H,5-6H2,1-2H3. The summed E-state index contributed by atoms with van der Waals surface area (Å²) in [6.45, 7) is 2.45. The minimum Gasteiger partial charge on any atom is -0.393 e. The minimum absolute atomic E-state index is 0.333. The minimum atomic E-state index is -0.333. The lowest BCUT2D eigenvalue weighted by Gasteiger charge is -2.21. The van der Waals surface area contributed by atoms with Crippen LogP contribution in [0, 0.1) is 11.3 Å². The summed E-state index contributed by atoms with van der Waals surface area (Å²) >= 11 is 5.82. The Morgan fingerprint density at radius 3 is 2.81 bits per heavy atom. The molecule has 4 heteroatoms. The van der Waals surface area contributed by atoms with Crippen molar-refractivity contribution in [3.63, 3.8) is 0 Å². The van der Waals surface area contributed by atoms with Crippen LogP contribution >= 0.6 is 11.6 Å². The van der Waals surface area contributed by atoms with Crippen LogP contribution in [0.3, 0.4) is 0 Å². The maximum Gasteiger partial charge on any atom is 0.101 e. The van der Waals surface area contributed by atoms with Crippen molar-refractivity contribution in [3.8, 4) is 6.07 Å².